The minimum Gasteiger partial charge on any atom is -0.354 e. The summed E-state index contributed by atoms with van der Waals surface area (Å²) in [4.78, 5) is 12.1. The van der Waals surface area contributed by atoms with Crippen LogP contribution in [-0.4, -0.2) is 29.5 Å². The summed E-state index contributed by atoms with van der Waals surface area (Å²) in [5.41, 5.74) is 5.96. The molecule has 1 amide bonds. The molecule has 2 fully saturated rings. The third-order valence-corrected chi connectivity index (χ3v) is 5.86. The molecule has 2 saturated carbocycles. The molecule has 2 unspecified atom stereocenters. The lowest BCUT2D eigenvalue weighted by Gasteiger charge is -2.28. The molecular weight excluding hydrogens is 232 g/mol. The van der Waals surface area contributed by atoms with Crippen molar-refractivity contribution in [2.24, 2.45) is 11.7 Å². The summed E-state index contributed by atoms with van der Waals surface area (Å²) in [5.74, 6) is 0.255. The first-order valence-electron chi connectivity index (χ1n) is 6.75. The SMILES string of the molecule is CSC1(CNC(=O)C2CCCC2N)CCCC1. The van der Waals surface area contributed by atoms with Crippen LogP contribution in [0.25, 0.3) is 0 Å². The van der Waals surface area contributed by atoms with Gasteiger partial charge in [0.2, 0.25) is 5.91 Å². The normalized spacial score (nSPS) is 31.6. The van der Waals surface area contributed by atoms with Crippen molar-refractivity contribution in [1.82, 2.24) is 5.32 Å². The number of carbonyl (C=O) groups is 1. The van der Waals surface area contributed by atoms with E-state index in [2.05, 4.69) is 11.6 Å². The highest BCUT2D eigenvalue weighted by Gasteiger charge is 2.35. The molecule has 0 aromatic rings. The van der Waals surface area contributed by atoms with Crippen molar-refractivity contribution >= 4 is 17.7 Å². The van der Waals surface area contributed by atoms with Crippen molar-refractivity contribution < 1.29 is 4.79 Å². The molecule has 0 radical (unpaired) electrons. The summed E-state index contributed by atoms with van der Waals surface area (Å²) in [6.07, 6.45) is 10.3. The maximum Gasteiger partial charge on any atom is 0.224 e. The van der Waals surface area contributed by atoms with Gasteiger partial charge in [-0.1, -0.05) is 19.3 Å². The van der Waals surface area contributed by atoms with Gasteiger partial charge in [0.1, 0.15) is 0 Å². The topological polar surface area (TPSA) is 55.1 Å². The highest BCUT2D eigenvalue weighted by molar-refractivity contribution is 8.00. The van der Waals surface area contributed by atoms with Crippen molar-refractivity contribution in [3.8, 4) is 0 Å². The van der Waals surface area contributed by atoms with Gasteiger partial charge in [0.05, 0.1) is 5.92 Å². The molecule has 2 aliphatic carbocycles. The van der Waals surface area contributed by atoms with E-state index in [9.17, 15) is 4.79 Å². The van der Waals surface area contributed by atoms with Crippen molar-refractivity contribution in [2.45, 2.75) is 55.7 Å². The average molecular weight is 256 g/mol. The van der Waals surface area contributed by atoms with E-state index in [-0.39, 0.29) is 17.9 Å². The van der Waals surface area contributed by atoms with Crippen LogP contribution in [0.3, 0.4) is 0 Å². The van der Waals surface area contributed by atoms with E-state index in [1.807, 2.05) is 11.8 Å². The van der Waals surface area contributed by atoms with Crippen LogP contribution in [0.5, 0.6) is 0 Å². The molecule has 17 heavy (non-hydrogen) atoms. The Balaban J connectivity index is 1.82. The Kier molecular flexibility index (Phi) is 4.36. The zero-order valence-corrected chi connectivity index (χ0v) is 11.5. The lowest BCUT2D eigenvalue weighted by atomic mass is 10.0. The van der Waals surface area contributed by atoms with E-state index in [0.29, 0.717) is 4.75 Å². The minimum absolute atomic E-state index is 0.0651. The third kappa shape index (κ3) is 2.97. The fourth-order valence-electron chi connectivity index (χ4n) is 3.17. The van der Waals surface area contributed by atoms with Crippen LogP contribution in [0.4, 0.5) is 0 Å². The van der Waals surface area contributed by atoms with Gasteiger partial charge in [-0.3, -0.25) is 4.79 Å². The Labute approximate surface area is 108 Å². The van der Waals surface area contributed by atoms with Gasteiger partial charge in [0.25, 0.3) is 0 Å². The molecule has 0 heterocycles. The van der Waals surface area contributed by atoms with E-state index < -0.39 is 0 Å². The van der Waals surface area contributed by atoms with Gasteiger partial charge >= 0.3 is 0 Å². The van der Waals surface area contributed by atoms with Gasteiger partial charge in [0, 0.05) is 17.3 Å². The molecule has 0 aromatic heterocycles. The van der Waals surface area contributed by atoms with Crippen molar-refractivity contribution in [2.75, 3.05) is 12.8 Å². The minimum atomic E-state index is 0.0651. The first-order chi connectivity index (χ1) is 8.17. The average Bonchev–Trinajstić information content (AvgIpc) is 2.95. The predicted molar refractivity (Wildman–Crippen MR) is 73.0 cm³/mol. The largest absolute Gasteiger partial charge is 0.354 e. The monoisotopic (exact) mass is 256 g/mol. The lowest BCUT2D eigenvalue weighted by Crippen LogP contribution is -2.44. The summed E-state index contributed by atoms with van der Waals surface area (Å²) in [6, 6.07) is 0.0869. The van der Waals surface area contributed by atoms with E-state index in [4.69, 9.17) is 5.73 Å². The quantitative estimate of drug-likeness (QED) is 0.808. The molecule has 0 saturated heterocycles. The van der Waals surface area contributed by atoms with Crippen molar-refractivity contribution in [1.29, 1.82) is 0 Å². The number of carbonyl (C=O) groups excluding carboxylic acids is 1. The number of nitrogens with two attached hydrogens (primary N) is 1. The zero-order chi connectivity index (χ0) is 12.3. The molecular formula is C13H24N2OS. The molecule has 2 aliphatic rings. The number of amides is 1. The Bertz CT molecular complexity index is 277. The van der Waals surface area contributed by atoms with E-state index in [0.717, 1.165) is 25.8 Å². The molecule has 0 bridgehead atoms. The second kappa shape index (κ2) is 5.61. The molecule has 3 nitrogen and oxygen atoms in total. The maximum atomic E-state index is 12.1. The molecule has 3 N–H and O–H groups in total. The van der Waals surface area contributed by atoms with Crippen LogP contribution >= 0.6 is 11.8 Å². The predicted octanol–water partition coefficient (Wildman–Crippen LogP) is 1.91. The molecule has 0 aliphatic heterocycles. The van der Waals surface area contributed by atoms with Crippen LogP contribution in [-0.2, 0) is 4.79 Å². The fraction of sp³-hybridized carbons (Fsp3) is 0.923. The maximum absolute atomic E-state index is 12.1. The van der Waals surface area contributed by atoms with E-state index in [1.165, 1.54) is 25.7 Å². The highest BCUT2D eigenvalue weighted by Crippen LogP contribution is 2.39. The second-order valence-electron chi connectivity index (χ2n) is 5.51. The Hall–Kier alpha value is -0.220. The van der Waals surface area contributed by atoms with Crippen LogP contribution in [0.15, 0.2) is 0 Å². The molecule has 0 aromatic carbocycles. The summed E-state index contributed by atoms with van der Waals surface area (Å²) in [6.45, 7) is 0.830. The first-order valence-corrected chi connectivity index (χ1v) is 7.98. The summed E-state index contributed by atoms with van der Waals surface area (Å²) >= 11 is 1.92. The number of rotatable bonds is 4. The third-order valence-electron chi connectivity index (χ3n) is 4.44. The summed E-state index contributed by atoms with van der Waals surface area (Å²) in [7, 11) is 0. The van der Waals surface area contributed by atoms with Crippen molar-refractivity contribution in [3.05, 3.63) is 0 Å². The highest BCUT2D eigenvalue weighted by atomic mass is 32.2. The molecule has 98 valence electrons. The van der Waals surface area contributed by atoms with Crippen molar-refractivity contribution in [3.63, 3.8) is 0 Å². The van der Waals surface area contributed by atoms with Crippen LogP contribution in [0.1, 0.15) is 44.9 Å². The van der Waals surface area contributed by atoms with Crippen LogP contribution < -0.4 is 11.1 Å². The molecule has 2 rings (SSSR count). The van der Waals surface area contributed by atoms with Gasteiger partial charge in [-0.2, -0.15) is 11.8 Å². The zero-order valence-electron chi connectivity index (χ0n) is 10.7. The van der Waals surface area contributed by atoms with Gasteiger partial charge in [-0.05, 0) is 31.9 Å². The standard InChI is InChI=1S/C13H24N2OS/c1-17-13(7-2-3-8-13)9-15-12(16)10-5-4-6-11(10)14/h10-11H,2-9,14H2,1H3,(H,15,16). The number of nitrogens with one attached hydrogen (secondary N) is 1. The number of thioether (sulfide) groups is 1. The van der Waals surface area contributed by atoms with E-state index in [1.54, 1.807) is 0 Å². The van der Waals surface area contributed by atoms with E-state index >= 15 is 0 Å². The fourth-order valence-corrected chi connectivity index (χ4v) is 4.08. The smallest absolute Gasteiger partial charge is 0.224 e. The van der Waals surface area contributed by atoms with Gasteiger partial charge in [-0.15, -0.1) is 0 Å². The first kappa shape index (κ1) is 13.2. The Morgan fingerprint density at radius 2 is 2.06 bits per heavy atom. The Morgan fingerprint density at radius 1 is 1.35 bits per heavy atom. The van der Waals surface area contributed by atoms with Gasteiger partial charge in [-0.25, -0.2) is 0 Å². The lowest BCUT2D eigenvalue weighted by molar-refractivity contribution is -0.125. The van der Waals surface area contributed by atoms with Gasteiger partial charge < -0.3 is 11.1 Å². The summed E-state index contributed by atoms with van der Waals surface area (Å²) in [5, 5.41) is 3.15. The molecule has 4 heteroatoms. The molecule has 0 spiro atoms. The van der Waals surface area contributed by atoms with Gasteiger partial charge in [0.15, 0.2) is 0 Å². The number of hydrogen-bond acceptors (Lipinski definition) is 3. The summed E-state index contributed by atoms with van der Waals surface area (Å²) < 4.78 is 0.304. The molecule has 2 atom stereocenters. The number of hydrogen-bond donors (Lipinski definition) is 2. The second-order valence-corrected chi connectivity index (χ2v) is 6.79. The van der Waals surface area contributed by atoms with Crippen LogP contribution in [0.2, 0.25) is 0 Å². The van der Waals surface area contributed by atoms with Crippen LogP contribution in [0, 0.1) is 5.92 Å². The Morgan fingerprint density at radius 3 is 2.59 bits per heavy atom.